The first-order valence-corrected chi connectivity index (χ1v) is 8.20. The molecule has 4 nitrogen and oxygen atoms in total. The predicted octanol–water partition coefficient (Wildman–Crippen LogP) is 5.01. The lowest BCUT2D eigenvalue weighted by Gasteiger charge is -2.15. The molecule has 0 amide bonds. The number of halogens is 1. The summed E-state index contributed by atoms with van der Waals surface area (Å²) in [6, 6.07) is 12.6. The van der Waals surface area contributed by atoms with E-state index in [9.17, 15) is 14.4 Å². The number of hydrogen-bond acceptors (Lipinski definition) is 4. The third-order valence-electron chi connectivity index (χ3n) is 4.43. The average Bonchev–Trinajstić information content (AvgIpc) is 2.61. The summed E-state index contributed by atoms with van der Waals surface area (Å²) < 4.78 is 17.7. The highest BCUT2D eigenvalue weighted by Gasteiger charge is 2.22. The lowest BCUT2D eigenvalue weighted by molar-refractivity contribution is -0.144. The van der Waals surface area contributed by atoms with Crippen LogP contribution in [0, 0.1) is 20.8 Å². The zero-order valence-corrected chi connectivity index (χ0v) is 14.8. The number of aryl methyl sites for hydroxylation is 2. The van der Waals surface area contributed by atoms with Gasteiger partial charge in [-0.3, -0.25) is 0 Å². The summed E-state index contributed by atoms with van der Waals surface area (Å²) >= 11 is 0. The van der Waals surface area contributed by atoms with Gasteiger partial charge in [0.2, 0.25) is 0 Å². The largest absolute Gasteiger partial charge is 0.507 e. The molecular weight excluding hydrogens is 335 g/mol. The maximum absolute atomic E-state index is 12.7. The van der Waals surface area contributed by atoms with E-state index < -0.39 is 5.63 Å². The highest BCUT2D eigenvalue weighted by atomic mass is 19.3. The molecule has 0 saturated heterocycles. The van der Waals surface area contributed by atoms with Crippen LogP contribution >= 0.6 is 0 Å². The van der Waals surface area contributed by atoms with Crippen molar-refractivity contribution >= 4 is 0 Å². The van der Waals surface area contributed by atoms with Crippen molar-refractivity contribution in [2.45, 2.75) is 27.4 Å². The fraction of sp³-hybridized carbons (Fsp3) is 0.190. The molecule has 1 aromatic heterocycles. The summed E-state index contributed by atoms with van der Waals surface area (Å²) in [7, 11) is 0. The van der Waals surface area contributed by atoms with Gasteiger partial charge in [0.25, 0.3) is 0 Å². The third-order valence-corrected chi connectivity index (χ3v) is 4.43. The van der Waals surface area contributed by atoms with E-state index in [0.717, 1.165) is 11.1 Å². The molecule has 1 N–H and O–H groups in total. The second-order valence-electron chi connectivity index (χ2n) is 6.29. The molecule has 0 aliphatic carbocycles. The minimum atomic E-state index is -0.618. The van der Waals surface area contributed by atoms with Crippen LogP contribution in [0.3, 0.4) is 0 Å². The molecule has 0 saturated carbocycles. The average molecular weight is 354 g/mol. The van der Waals surface area contributed by atoms with Gasteiger partial charge in [-0.05, 0) is 47.6 Å². The standard InChI is InChI=1S/C21H19FO4/c1-12-9-15(11-25-22)10-13(2)17(12)18-19(23)14(3)20(26-21(18)24)16-7-5-4-6-8-16/h4-10,23H,11H2,1-3H3. The van der Waals surface area contributed by atoms with E-state index in [1.54, 1.807) is 32.9 Å². The molecule has 0 spiro atoms. The molecule has 2 aromatic carbocycles. The Hall–Kier alpha value is -2.92. The van der Waals surface area contributed by atoms with Crippen LogP contribution in [0.15, 0.2) is 51.7 Å². The SMILES string of the molecule is Cc1cc(COF)cc(C)c1-c1c(O)c(C)c(-c2ccccc2)oc1=O. The van der Waals surface area contributed by atoms with E-state index in [1.165, 1.54) is 0 Å². The Morgan fingerprint density at radius 3 is 2.23 bits per heavy atom. The Bertz CT molecular complexity index is 984. The van der Waals surface area contributed by atoms with E-state index in [2.05, 4.69) is 4.94 Å². The minimum Gasteiger partial charge on any atom is -0.507 e. The zero-order chi connectivity index (χ0) is 18.8. The first-order valence-electron chi connectivity index (χ1n) is 8.20. The van der Waals surface area contributed by atoms with Gasteiger partial charge in [0.15, 0.2) is 0 Å². The molecule has 0 aliphatic heterocycles. The summed E-state index contributed by atoms with van der Waals surface area (Å²) in [5.74, 6) is 0.232. The summed E-state index contributed by atoms with van der Waals surface area (Å²) in [4.78, 5) is 16.4. The van der Waals surface area contributed by atoms with Gasteiger partial charge < -0.3 is 9.52 Å². The molecule has 3 rings (SSSR count). The number of hydrogen-bond donors (Lipinski definition) is 1. The molecule has 1 heterocycles. The Morgan fingerprint density at radius 2 is 1.65 bits per heavy atom. The Morgan fingerprint density at radius 1 is 1.04 bits per heavy atom. The predicted molar refractivity (Wildman–Crippen MR) is 97.6 cm³/mol. The molecule has 0 unspecified atom stereocenters. The maximum Gasteiger partial charge on any atom is 0.348 e. The van der Waals surface area contributed by atoms with E-state index in [-0.39, 0.29) is 17.9 Å². The quantitative estimate of drug-likeness (QED) is 0.716. The molecule has 5 heteroatoms. The molecule has 134 valence electrons. The fourth-order valence-electron chi connectivity index (χ4n) is 3.29. The third kappa shape index (κ3) is 3.13. The van der Waals surface area contributed by atoms with Gasteiger partial charge in [-0.15, -0.1) is 0 Å². The van der Waals surface area contributed by atoms with Crippen molar-refractivity contribution in [3.05, 3.63) is 75.1 Å². The smallest absolute Gasteiger partial charge is 0.348 e. The van der Waals surface area contributed by atoms with E-state index >= 15 is 0 Å². The van der Waals surface area contributed by atoms with Crippen LogP contribution in [-0.4, -0.2) is 5.11 Å². The van der Waals surface area contributed by atoms with Crippen molar-refractivity contribution in [2.75, 3.05) is 0 Å². The maximum atomic E-state index is 12.7. The molecule has 26 heavy (non-hydrogen) atoms. The van der Waals surface area contributed by atoms with Gasteiger partial charge in [0.1, 0.15) is 23.7 Å². The summed E-state index contributed by atoms with van der Waals surface area (Å²) in [6.07, 6.45) is 0. The molecule has 0 fully saturated rings. The van der Waals surface area contributed by atoms with Crippen LogP contribution in [0.2, 0.25) is 0 Å². The summed E-state index contributed by atoms with van der Waals surface area (Å²) in [5, 5.41) is 10.8. The lowest BCUT2D eigenvalue weighted by Crippen LogP contribution is -2.08. The highest BCUT2D eigenvalue weighted by Crippen LogP contribution is 2.38. The first-order chi connectivity index (χ1) is 12.4. The number of aromatic hydroxyl groups is 1. The van der Waals surface area contributed by atoms with Gasteiger partial charge in [-0.1, -0.05) is 42.5 Å². The van der Waals surface area contributed by atoms with Crippen molar-refractivity contribution in [1.29, 1.82) is 0 Å². The van der Waals surface area contributed by atoms with Crippen LogP contribution in [0.5, 0.6) is 5.75 Å². The number of rotatable bonds is 4. The molecule has 0 bridgehead atoms. The van der Waals surface area contributed by atoms with Gasteiger partial charge in [0, 0.05) is 11.1 Å². The van der Waals surface area contributed by atoms with Crippen molar-refractivity contribution in [1.82, 2.24) is 0 Å². The second-order valence-corrected chi connectivity index (χ2v) is 6.29. The van der Waals surface area contributed by atoms with Gasteiger partial charge in [-0.2, -0.15) is 4.94 Å². The van der Waals surface area contributed by atoms with Gasteiger partial charge in [0.05, 0.1) is 0 Å². The topological polar surface area (TPSA) is 59.7 Å². The van der Waals surface area contributed by atoms with E-state index in [4.69, 9.17) is 4.42 Å². The van der Waals surface area contributed by atoms with Crippen molar-refractivity contribution < 1.29 is 19.0 Å². The van der Waals surface area contributed by atoms with Crippen molar-refractivity contribution in [2.24, 2.45) is 0 Å². The zero-order valence-electron chi connectivity index (χ0n) is 14.8. The molecule has 0 radical (unpaired) electrons. The molecule has 0 atom stereocenters. The summed E-state index contributed by atoms with van der Waals surface area (Å²) in [5.41, 5.74) is 3.39. The van der Waals surface area contributed by atoms with Crippen LogP contribution in [0.1, 0.15) is 22.3 Å². The second kappa shape index (κ2) is 7.14. The van der Waals surface area contributed by atoms with Gasteiger partial charge >= 0.3 is 5.63 Å². The lowest BCUT2D eigenvalue weighted by atomic mass is 9.92. The van der Waals surface area contributed by atoms with E-state index in [1.807, 2.05) is 30.3 Å². The number of benzene rings is 2. The van der Waals surface area contributed by atoms with Crippen LogP contribution in [-0.2, 0) is 11.5 Å². The molecule has 3 aromatic rings. The Balaban J connectivity index is 2.22. The van der Waals surface area contributed by atoms with Crippen LogP contribution < -0.4 is 5.63 Å². The minimum absolute atomic E-state index is 0.110. The van der Waals surface area contributed by atoms with E-state index in [0.29, 0.717) is 28.0 Å². The van der Waals surface area contributed by atoms with Crippen molar-refractivity contribution in [3.63, 3.8) is 0 Å². The highest BCUT2D eigenvalue weighted by molar-refractivity contribution is 5.79. The van der Waals surface area contributed by atoms with Crippen molar-refractivity contribution in [3.8, 4) is 28.2 Å². The molecular formula is C21H19FO4. The monoisotopic (exact) mass is 354 g/mol. The normalized spacial score (nSPS) is 10.9. The van der Waals surface area contributed by atoms with Gasteiger partial charge in [-0.25, -0.2) is 4.79 Å². The van der Waals surface area contributed by atoms with Crippen LogP contribution in [0.25, 0.3) is 22.5 Å². The summed E-state index contributed by atoms with van der Waals surface area (Å²) in [6.45, 7) is 5.13. The molecule has 0 aliphatic rings. The van der Waals surface area contributed by atoms with Crippen LogP contribution in [0.4, 0.5) is 4.53 Å². The Labute approximate surface area is 150 Å². The Kier molecular flexibility index (Phi) is 4.91. The first kappa shape index (κ1) is 17.9. The fourth-order valence-corrected chi connectivity index (χ4v) is 3.29.